The number of alkyl carbamates (subject to hydrolysis) is 1. The number of amides is 2. The maximum Gasteiger partial charge on any atom is 0.408 e. The number of nitrogens with zero attached hydrogens (tertiary/aromatic N) is 2. The number of carbonyl (C=O) groups excluding carboxylic acids is 2. The minimum absolute atomic E-state index is 0.0282. The molecule has 0 rings (SSSR count). The van der Waals surface area contributed by atoms with Crippen LogP contribution in [0.5, 0.6) is 0 Å². The molecule has 0 aliphatic rings. The number of ether oxygens (including phenoxy) is 1. The summed E-state index contributed by atoms with van der Waals surface area (Å²) in [6, 6.07) is 0. The van der Waals surface area contributed by atoms with Crippen molar-refractivity contribution in [1.29, 1.82) is 0 Å². The van der Waals surface area contributed by atoms with Crippen LogP contribution < -0.4 is 10.6 Å². The predicted molar refractivity (Wildman–Crippen MR) is 181 cm³/mol. The number of rotatable bonds is 27. The molecular formula is C17H32N4O8S10. The van der Waals surface area contributed by atoms with E-state index in [1.165, 1.54) is 59.0 Å². The molecule has 22 heteroatoms. The smallest absolute Gasteiger partial charge is 0.408 e. The molecule has 0 saturated carbocycles. The Morgan fingerprint density at radius 2 is 1.46 bits per heavy atom. The van der Waals surface area contributed by atoms with Gasteiger partial charge in [-0.3, -0.25) is 14.0 Å². The number of aliphatic hydroxyl groups excluding tert-OH is 2. The van der Waals surface area contributed by atoms with Gasteiger partial charge in [-0.15, -0.1) is 82.3 Å². The molecule has 0 spiro atoms. The third-order valence-corrected chi connectivity index (χ3v) is 12.7. The van der Waals surface area contributed by atoms with E-state index >= 15 is 0 Å². The SMILES string of the molecule is O=C(NCSCSC/N=C\S(=O)CSCSCSC(=O)NCSCSCN=COOCSCO)OCSCO. The fourth-order valence-electron chi connectivity index (χ4n) is 1.47. The van der Waals surface area contributed by atoms with Crippen molar-refractivity contribution in [2.45, 2.75) is 0 Å². The van der Waals surface area contributed by atoms with Crippen molar-refractivity contribution < 1.29 is 38.5 Å². The summed E-state index contributed by atoms with van der Waals surface area (Å²) in [4.78, 5) is 40.6. The van der Waals surface area contributed by atoms with Crippen LogP contribution in [0.2, 0.25) is 0 Å². The number of thioether (sulfide) groups is 9. The van der Waals surface area contributed by atoms with Crippen LogP contribution in [-0.4, -0.2) is 110 Å². The number of carbonyl (C=O) groups is 2. The number of hydrogen-bond acceptors (Lipinski definition) is 19. The average molecular weight is 741 g/mol. The zero-order chi connectivity index (χ0) is 28.7. The molecular weight excluding hydrogens is 709 g/mol. The van der Waals surface area contributed by atoms with Crippen molar-refractivity contribution in [2.24, 2.45) is 9.98 Å². The second-order valence-corrected chi connectivity index (χ2v) is 17.3. The van der Waals surface area contributed by atoms with E-state index < -0.39 is 16.9 Å². The van der Waals surface area contributed by atoms with E-state index in [1.807, 2.05) is 0 Å². The molecule has 39 heavy (non-hydrogen) atoms. The predicted octanol–water partition coefficient (Wildman–Crippen LogP) is 4.21. The van der Waals surface area contributed by atoms with Gasteiger partial charge in [-0.05, 0) is 0 Å². The highest BCUT2D eigenvalue weighted by molar-refractivity contribution is 8.28. The first-order valence-corrected chi connectivity index (χ1v) is 22.0. The largest absolute Gasteiger partial charge is 0.438 e. The van der Waals surface area contributed by atoms with E-state index in [1.54, 1.807) is 47.0 Å². The maximum atomic E-state index is 11.9. The van der Waals surface area contributed by atoms with Crippen molar-refractivity contribution in [2.75, 3.05) is 72.7 Å². The number of nitrogens with one attached hydrogen (secondary N) is 2. The monoisotopic (exact) mass is 740 g/mol. The topological polar surface area (TPSA) is 168 Å². The lowest BCUT2D eigenvalue weighted by Gasteiger charge is -2.05. The van der Waals surface area contributed by atoms with Gasteiger partial charge in [0.25, 0.3) is 5.24 Å². The molecule has 0 radical (unpaired) electrons. The molecule has 1 unspecified atom stereocenters. The maximum absolute atomic E-state index is 11.9. The second kappa shape index (κ2) is 33.6. The van der Waals surface area contributed by atoms with E-state index in [9.17, 15) is 13.8 Å². The van der Waals surface area contributed by atoms with Crippen LogP contribution in [0.15, 0.2) is 9.98 Å². The third kappa shape index (κ3) is 33.4. The summed E-state index contributed by atoms with van der Waals surface area (Å²) in [5, 5.41) is 25.8. The standard InChI is InChI=1S/C17H32N4O8S10/c22-7-34-9-27-16(24)20-4-32-12-31-3-19-6-39(26)15-37-13-36-14-38-17(25)21-5-33-11-30-2-18-1-28-29-10-35-8-23/h1,6,22-23H,2-5,7-15H2,(H,20,24)(H,21,25)/b18-1?,19-6-. The highest BCUT2D eigenvalue weighted by Gasteiger charge is 2.03. The molecule has 4 N–H and O–H groups in total. The average Bonchev–Trinajstić information content (AvgIpc) is 2.92. The van der Waals surface area contributed by atoms with Crippen LogP contribution >= 0.6 is 106 Å². The first-order chi connectivity index (χ1) is 19.1. The lowest BCUT2D eigenvalue weighted by atomic mass is 11.1. The summed E-state index contributed by atoms with van der Waals surface area (Å²) in [6.45, 7) is 0. The number of aliphatic hydroxyl groups is 2. The summed E-state index contributed by atoms with van der Waals surface area (Å²) in [5.74, 6) is 2.16. The molecule has 0 aromatic carbocycles. The Labute approximate surface area is 269 Å². The van der Waals surface area contributed by atoms with Gasteiger partial charge in [0.2, 0.25) is 6.40 Å². The molecule has 0 saturated heterocycles. The van der Waals surface area contributed by atoms with Gasteiger partial charge < -0.3 is 30.5 Å². The Morgan fingerprint density at radius 1 is 0.795 bits per heavy atom. The van der Waals surface area contributed by atoms with Gasteiger partial charge in [0.15, 0.2) is 0 Å². The Bertz CT molecular complexity index is 687. The van der Waals surface area contributed by atoms with Gasteiger partial charge in [0.1, 0.15) is 11.9 Å². The molecule has 0 bridgehead atoms. The Kier molecular flexibility index (Phi) is 34.5. The lowest BCUT2D eigenvalue weighted by molar-refractivity contribution is -0.196. The summed E-state index contributed by atoms with van der Waals surface area (Å²) in [6.07, 6.45) is 0.692. The van der Waals surface area contributed by atoms with Gasteiger partial charge in [-0.1, -0.05) is 23.5 Å². The quantitative estimate of drug-likeness (QED) is 0.0236. The first-order valence-electron chi connectivity index (χ1n) is 10.4. The molecule has 0 aromatic rings. The minimum atomic E-state index is -1.14. The van der Waals surface area contributed by atoms with Crippen LogP contribution in [0.1, 0.15) is 0 Å². The van der Waals surface area contributed by atoms with Crippen molar-refractivity contribution in [3.63, 3.8) is 0 Å². The molecule has 0 aliphatic carbocycles. The minimum Gasteiger partial charge on any atom is -0.438 e. The first kappa shape index (κ1) is 40.1. The zero-order valence-electron chi connectivity index (χ0n) is 20.7. The van der Waals surface area contributed by atoms with Crippen LogP contribution in [0.25, 0.3) is 0 Å². The van der Waals surface area contributed by atoms with Crippen LogP contribution in [0, 0.1) is 0 Å². The fourth-order valence-corrected chi connectivity index (χ4v) is 9.45. The van der Waals surface area contributed by atoms with E-state index in [-0.39, 0.29) is 29.0 Å². The van der Waals surface area contributed by atoms with E-state index in [0.717, 1.165) is 27.0 Å². The highest BCUT2D eigenvalue weighted by Crippen LogP contribution is 2.19. The van der Waals surface area contributed by atoms with Crippen molar-refractivity contribution in [3.8, 4) is 0 Å². The zero-order valence-corrected chi connectivity index (χ0v) is 28.8. The Balaban J connectivity index is 3.42. The molecule has 0 aromatic heterocycles. The van der Waals surface area contributed by atoms with Crippen LogP contribution in [0.4, 0.5) is 9.59 Å². The summed E-state index contributed by atoms with van der Waals surface area (Å²) in [7, 11) is -1.14. The summed E-state index contributed by atoms with van der Waals surface area (Å²) < 4.78 is 16.7. The molecule has 1 atom stereocenters. The van der Waals surface area contributed by atoms with Gasteiger partial charge in [-0.25, -0.2) is 9.79 Å². The molecule has 0 aliphatic heterocycles. The summed E-state index contributed by atoms with van der Waals surface area (Å²) in [5.41, 5.74) is 1.46. The van der Waals surface area contributed by atoms with Gasteiger partial charge in [0.05, 0.1) is 56.8 Å². The van der Waals surface area contributed by atoms with Crippen molar-refractivity contribution >= 4 is 140 Å². The number of hydrogen-bond donors (Lipinski definition) is 4. The van der Waals surface area contributed by atoms with E-state index in [0.29, 0.717) is 33.7 Å². The molecule has 0 fully saturated rings. The molecule has 2 amide bonds. The lowest BCUT2D eigenvalue weighted by Crippen LogP contribution is -2.23. The third-order valence-electron chi connectivity index (χ3n) is 2.91. The molecule has 228 valence electrons. The van der Waals surface area contributed by atoms with E-state index in [2.05, 4.69) is 25.5 Å². The van der Waals surface area contributed by atoms with Gasteiger partial charge in [-0.2, -0.15) is 4.89 Å². The Hall–Kier alpha value is 1.06. The molecule has 12 nitrogen and oxygen atoms in total. The van der Waals surface area contributed by atoms with Gasteiger partial charge in [0, 0.05) is 20.3 Å². The van der Waals surface area contributed by atoms with Crippen molar-refractivity contribution in [3.05, 3.63) is 0 Å². The van der Waals surface area contributed by atoms with E-state index in [4.69, 9.17) is 19.8 Å². The molecule has 0 heterocycles. The fraction of sp³-hybridized carbons (Fsp3) is 0.765. The van der Waals surface area contributed by atoms with Gasteiger partial charge >= 0.3 is 6.09 Å². The highest BCUT2D eigenvalue weighted by atomic mass is 32.3. The summed E-state index contributed by atoms with van der Waals surface area (Å²) >= 11 is 12.8. The van der Waals surface area contributed by atoms with Crippen molar-refractivity contribution in [1.82, 2.24) is 10.6 Å². The van der Waals surface area contributed by atoms with Crippen LogP contribution in [-0.2, 0) is 25.3 Å². The Morgan fingerprint density at radius 3 is 2.21 bits per heavy atom. The normalized spacial score (nSPS) is 12.2. The number of aliphatic imine (C=N–C) groups is 2. The second-order valence-electron chi connectivity index (χ2n) is 5.65. The van der Waals surface area contributed by atoms with Crippen LogP contribution in [0.3, 0.4) is 0 Å².